The third kappa shape index (κ3) is 4.31. The third-order valence-electron chi connectivity index (χ3n) is 2.16. The zero-order valence-electron chi connectivity index (χ0n) is 9.21. The molecule has 0 aromatic carbocycles. The first-order valence-corrected chi connectivity index (χ1v) is 9.80. The molecule has 0 amide bonds. The fraction of sp³-hybridized carbons (Fsp3) is 0.556. The Hall–Kier alpha value is 1.11. The van der Waals surface area contributed by atoms with E-state index in [1.54, 1.807) is 0 Å². The summed E-state index contributed by atoms with van der Waals surface area (Å²) in [4.78, 5) is 0. The molecule has 0 radical (unpaired) electrons. The molecule has 1 N–H and O–H groups in total. The van der Waals surface area contributed by atoms with Crippen molar-refractivity contribution in [2.24, 2.45) is 5.92 Å². The van der Waals surface area contributed by atoms with Gasteiger partial charge in [0, 0.05) is 10.5 Å². The average molecular weight is 473 g/mol. The summed E-state index contributed by atoms with van der Waals surface area (Å²) in [5, 5.41) is 0.422. The molecule has 1 rings (SSSR count). The van der Waals surface area contributed by atoms with Crippen molar-refractivity contribution in [3.05, 3.63) is 14.9 Å². The maximum Gasteiger partial charge on any atom is 0.250 e. The SMILES string of the molecule is CC(C)C(CI)NS(=O)(=O)c1cc(Cl)c(Br)s1. The van der Waals surface area contributed by atoms with E-state index in [2.05, 4.69) is 43.2 Å². The molecule has 0 saturated carbocycles. The second-order valence-corrected chi connectivity index (χ2v) is 9.41. The van der Waals surface area contributed by atoms with Gasteiger partial charge in [-0.15, -0.1) is 11.3 Å². The van der Waals surface area contributed by atoms with E-state index >= 15 is 0 Å². The lowest BCUT2D eigenvalue weighted by atomic mass is 10.1. The lowest BCUT2D eigenvalue weighted by Crippen LogP contribution is -2.39. The van der Waals surface area contributed by atoms with Gasteiger partial charge in [-0.2, -0.15) is 0 Å². The maximum atomic E-state index is 12.1. The van der Waals surface area contributed by atoms with E-state index < -0.39 is 10.0 Å². The van der Waals surface area contributed by atoms with Crippen molar-refractivity contribution in [2.45, 2.75) is 24.1 Å². The van der Waals surface area contributed by atoms with Crippen molar-refractivity contribution in [2.75, 3.05) is 4.43 Å². The van der Waals surface area contributed by atoms with Crippen LogP contribution in [0.4, 0.5) is 0 Å². The molecule has 1 unspecified atom stereocenters. The van der Waals surface area contributed by atoms with Gasteiger partial charge in [-0.05, 0) is 27.9 Å². The van der Waals surface area contributed by atoms with Gasteiger partial charge in [-0.25, -0.2) is 13.1 Å². The summed E-state index contributed by atoms with van der Waals surface area (Å²) in [5.74, 6) is 0.251. The standard InChI is InChI=1S/C9H12BrClINO2S2/c1-5(2)7(4-12)13-17(14,15)8-3-6(11)9(10)16-8/h3,5,7,13H,4H2,1-2H3. The number of nitrogens with one attached hydrogen (secondary N) is 1. The summed E-state index contributed by atoms with van der Waals surface area (Å²) in [5.41, 5.74) is 0. The van der Waals surface area contributed by atoms with E-state index in [1.165, 1.54) is 6.07 Å². The number of halogens is 3. The Morgan fingerprint density at radius 2 is 2.18 bits per heavy atom. The Kier molecular flexibility index (Phi) is 6.19. The van der Waals surface area contributed by atoms with Gasteiger partial charge in [0.05, 0.1) is 8.81 Å². The van der Waals surface area contributed by atoms with Gasteiger partial charge in [0.2, 0.25) is 10.0 Å². The lowest BCUT2D eigenvalue weighted by molar-refractivity contribution is 0.487. The average Bonchev–Trinajstić information content (AvgIpc) is 2.56. The van der Waals surface area contributed by atoms with E-state index in [0.717, 1.165) is 15.8 Å². The fourth-order valence-electron chi connectivity index (χ4n) is 1.06. The Labute approximate surface area is 133 Å². The zero-order valence-corrected chi connectivity index (χ0v) is 15.3. The lowest BCUT2D eigenvalue weighted by Gasteiger charge is -2.19. The Morgan fingerprint density at radius 1 is 1.59 bits per heavy atom. The first kappa shape index (κ1) is 16.2. The molecule has 1 heterocycles. The molecule has 1 atom stereocenters. The fourth-order valence-corrected chi connectivity index (χ4v) is 6.40. The molecule has 98 valence electrons. The summed E-state index contributed by atoms with van der Waals surface area (Å²) in [6.07, 6.45) is 0. The molecule has 1 aromatic rings. The van der Waals surface area contributed by atoms with E-state index in [-0.39, 0.29) is 16.2 Å². The van der Waals surface area contributed by atoms with Crippen molar-refractivity contribution < 1.29 is 8.42 Å². The first-order chi connectivity index (χ1) is 7.77. The van der Waals surface area contributed by atoms with Crippen LogP contribution in [0.3, 0.4) is 0 Å². The van der Waals surface area contributed by atoms with Crippen LogP contribution in [-0.2, 0) is 10.0 Å². The third-order valence-corrected chi connectivity index (χ3v) is 7.55. The van der Waals surface area contributed by atoms with Crippen LogP contribution in [0.25, 0.3) is 0 Å². The number of thiophene rings is 1. The number of rotatable bonds is 5. The largest absolute Gasteiger partial charge is 0.250 e. The summed E-state index contributed by atoms with van der Waals surface area (Å²) in [6, 6.07) is 1.39. The van der Waals surface area contributed by atoms with Crippen molar-refractivity contribution in [3.63, 3.8) is 0 Å². The molecular formula is C9H12BrClINO2S2. The van der Waals surface area contributed by atoms with Crippen LogP contribution in [0.5, 0.6) is 0 Å². The minimum absolute atomic E-state index is 0.0692. The molecule has 1 aromatic heterocycles. The quantitative estimate of drug-likeness (QED) is 0.522. The van der Waals surface area contributed by atoms with Gasteiger partial charge in [0.1, 0.15) is 4.21 Å². The van der Waals surface area contributed by atoms with Crippen LogP contribution in [0, 0.1) is 5.92 Å². The van der Waals surface area contributed by atoms with Gasteiger partial charge in [0.25, 0.3) is 0 Å². The van der Waals surface area contributed by atoms with Crippen LogP contribution in [-0.4, -0.2) is 18.9 Å². The second-order valence-electron chi connectivity index (χ2n) is 3.81. The topological polar surface area (TPSA) is 46.2 Å². The highest BCUT2D eigenvalue weighted by atomic mass is 127. The van der Waals surface area contributed by atoms with Crippen molar-refractivity contribution in [1.29, 1.82) is 0 Å². The van der Waals surface area contributed by atoms with Gasteiger partial charge in [-0.3, -0.25) is 0 Å². The Morgan fingerprint density at radius 3 is 2.53 bits per heavy atom. The minimum atomic E-state index is -3.47. The van der Waals surface area contributed by atoms with E-state index in [0.29, 0.717) is 8.81 Å². The molecule has 3 nitrogen and oxygen atoms in total. The predicted molar refractivity (Wildman–Crippen MR) is 84.9 cm³/mol. The zero-order chi connectivity index (χ0) is 13.2. The molecule has 0 aliphatic heterocycles. The molecule has 0 aliphatic rings. The highest BCUT2D eigenvalue weighted by Gasteiger charge is 2.24. The molecule has 0 bridgehead atoms. The van der Waals surface area contributed by atoms with Crippen LogP contribution >= 0.6 is 61.5 Å². The van der Waals surface area contributed by atoms with Crippen molar-refractivity contribution in [3.8, 4) is 0 Å². The Balaban J connectivity index is 2.96. The summed E-state index contributed by atoms with van der Waals surface area (Å²) >= 11 is 12.3. The molecule has 0 aliphatic carbocycles. The molecule has 0 saturated heterocycles. The molecule has 0 fully saturated rings. The molecule has 0 spiro atoms. The summed E-state index contributed by atoms with van der Waals surface area (Å²) < 4.78 is 28.5. The van der Waals surface area contributed by atoms with Crippen LogP contribution in [0.1, 0.15) is 13.8 Å². The van der Waals surface area contributed by atoms with Gasteiger partial charge >= 0.3 is 0 Å². The van der Waals surface area contributed by atoms with Crippen LogP contribution in [0.2, 0.25) is 5.02 Å². The van der Waals surface area contributed by atoms with E-state index in [9.17, 15) is 8.42 Å². The highest BCUT2D eigenvalue weighted by molar-refractivity contribution is 14.1. The summed E-state index contributed by atoms with van der Waals surface area (Å²) in [6.45, 7) is 3.98. The second kappa shape index (κ2) is 6.51. The molecule has 17 heavy (non-hydrogen) atoms. The minimum Gasteiger partial charge on any atom is -0.206 e. The van der Waals surface area contributed by atoms with Crippen LogP contribution in [0.15, 0.2) is 14.1 Å². The predicted octanol–water partition coefficient (Wildman–Crippen LogP) is 3.90. The van der Waals surface area contributed by atoms with E-state index in [1.807, 2.05) is 13.8 Å². The molecular weight excluding hydrogens is 460 g/mol. The monoisotopic (exact) mass is 471 g/mol. The van der Waals surface area contributed by atoms with Gasteiger partial charge < -0.3 is 0 Å². The number of alkyl halides is 1. The van der Waals surface area contributed by atoms with Crippen molar-refractivity contribution >= 4 is 71.5 Å². The maximum absolute atomic E-state index is 12.1. The van der Waals surface area contributed by atoms with Crippen molar-refractivity contribution in [1.82, 2.24) is 4.72 Å². The van der Waals surface area contributed by atoms with Gasteiger partial charge in [0.15, 0.2) is 0 Å². The smallest absolute Gasteiger partial charge is 0.206 e. The number of sulfonamides is 1. The Bertz CT molecular complexity index is 470. The first-order valence-electron chi connectivity index (χ1n) is 4.81. The van der Waals surface area contributed by atoms with Crippen LogP contribution < -0.4 is 4.72 Å². The molecule has 8 heteroatoms. The van der Waals surface area contributed by atoms with Gasteiger partial charge in [-0.1, -0.05) is 48.0 Å². The highest BCUT2D eigenvalue weighted by Crippen LogP contribution is 2.34. The number of hydrogen-bond acceptors (Lipinski definition) is 3. The normalized spacial score (nSPS) is 14.2. The number of hydrogen-bond donors (Lipinski definition) is 1. The van der Waals surface area contributed by atoms with E-state index in [4.69, 9.17) is 11.6 Å². The summed E-state index contributed by atoms with van der Waals surface area (Å²) in [7, 11) is -3.47.